The zero-order valence-corrected chi connectivity index (χ0v) is 17.9. The fourth-order valence-electron chi connectivity index (χ4n) is 3.85. The molecule has 0 atom stereocenters. The van der Waals surface area contributed by atoms with Crippen LogP contribution in [0.1, 0.15) is 38.2 Å². The molecule has 0 aromatic heterocycles. The van der Waals surface area contributed by atoms with Crippen LogP contribution in [0, 0.1) is 5.92 Å². The van der Waals surface area contributed by atoms with Crippen LogP contribution in [0.3, 0.4) is 0 Å². The van der Waals surface area contributed by atoms with E-state index in [-0.39, 0.29) is 5.91 Å². The van der Waals surface area contributed by atoms with Gasteiger partial charge in [-0.15, -0.1) is 0 Å². The van der Waals surface area contributed by atoms with Gasteiger partial charge in [-0.2, -0.15) is 4.31 Å². The smallest absolute Gasteiger partial charge is 0.243 e. The number of sulfonamides is 1. The largest absolute Gasteiger partial charge is 0.339 e. The summed E-state index contributed by atoms with van der Waals surface area (Å²) < 4.78 is 27.0. The van der Waals surface area contributed by atoms with Crippen molar-refractivity contribution in [1.29, 1.82) is 0 Å². The zero-order valence-electron chi connectivity index (χ0n) is 17.0. The molecule has 0 aliphatic carbocycles. The van der Waals surface area contributed by atoms with Crippen LogP contribution < -0.4 is 0 Å². The first-order valence-corrected chi connectivity index (χ1v) is 11.8. The summed E-state index contributed by atoms with van der Waals surface area (Å²) in [6.07, 6.45) is 2.97. The van der Waals surface area contributed by atoms with Crippen molar-refractivity contribution in [1.82, 2.24) is 9.21 Å². The Morgan fingerprint density at radius 1 is 1.00 bits per heavy atom. The van der Waals surface area contributed by atoms with Crippen LogP contribution in [0.25, 0.3) is 0 Å². The van der Waals surface area contributed by atoms with Gasteiger partial charge in [-0.1, -0.05) is 48.5 Å². The minimum Gasteiger partial charge on any atom is -0.339 e. The molecule has 1 aliphatic heterocycles. The van der Waals surface area contributed by atoms with Gasteiger partial charge >= 0.3 is 0 Å². The molecule has 6 heteroatoms. The molecule has 0 bridgehead atoms. The van der Waals surface area contributed by atoms with Gasteiger partial charge in [-0.05, 0) is 49.8 Å². The minimum absolute atomic E-state index is 0.177. The number of piperidine rings is 1. The summed E-state index contributed by atoms with van der Waals surface area (Å²) in [6, 6.07) is 18.7. The van der Waals surface area contributed by atoms with E-state index in [1.807, 2.05) is 48.2 Å². The second-order valence-corrected chi connectivity index (χ2v) is 9.53. The Morgan fingerprint density at radius 3 is 2.17 bits per heavy atom. The highest BCUT2D eigenvalue weighted by Gasteiger charge is 2.29. The Bertz CT molecular complexity index is 877. The van der Waals surface area contributed by atoms with E-state index < -0.39 is 10.0 Å². The lowest BCUT2D eigenvalue weighted by molar-refractivity contribution is -0.132. The summed E-state index contributed by atoms with van der Waals surface area (Å²) in [7, 11) is -3.41. The van der Waals surface area contributed by atoms with Gasteiger partial charge in [0.15, 0.2) is 0 Å². The maximum absolute atomic E-state index is 12.7. The predicted molar refractivity (Wildman–Crippen MR) is 115 cm³/mol. The van der Waals surface area contributed by atoms with E-state index in [1.54, 1.807) is 28.6 Å². The van der Waals surface area contributed by atoms with Crippen molar-refractivity contribution in [3.63, 3.8) is 0 Å². The molecule has 2 aromatic carbocycles. The predicted octanol–water partition coefficient (Wildman–Crippen LogP) is 3.92. The second-order valence-electron chi connectivity index (χ2n) is 7.59. The molecule has 0 saturated carbocycles. The fourth-order valence-corrected chi connectivity index (χ4v) is 5.34. The van der Waals surface area contributed by atoms with Gasteiger partial charge in [-0.25, -0.2) is 8.42 Å². The topological polar surface area (TPSA) is 57.7 Å². The SMILES string of the molecule is CCN(Cc1ccccc1)C(=O)CCC1CCN(S(=O)(=O)c2ccccc2)CC1. The summed E-state index contributed by atoms with van der Waals surface area (Å²) in [5.41, 5.74) is 1.14. The number of hydrogen-bond donors (Lipinski definition) is 0. The molecule has 0 radical (unpaired) electrons. The number of carbonyl (C=O) groups excluding carboxylic acids is 1. The molecule has 0 N–H and O–H groups in total. The average Bonchev–Trinajstić information content (AvgIpc) is 2.77. The van der Waals surface area contributed by atoms with Gasteiger partial charge in [0.25, 0.3) is 0 Å². The summed E-state index contributed by atoms with van der Waals surface area (Å²) >= 11 is 0. The van der Waals surface area contributed by atoms with Crippen molar-refractivity contribution in [3.05, 3.63) is 66.2 Å². The van der Waals surface area contributed by atoms with Crippen LogP contribution in [-0.2, 0) is 21.4 Å². The van der Waals surface area contributed by atoms with Gasteiger partial charge in [0.1, 0.15) is 0 Å². The molecule has 0 spiro atoms. The second kappa shape index (κ2) is 10.0. The summed E-state index contributed by atoms with van der Waals surface area (Å²) in [6.45, 7) is 4.40. The lowest BCUT2D eigenvalue weighted by Crippen LogP contribution is -2.38. The third-order valence-electron chi connectivity index (χ3n) is 5.67. The first kappa shape index (κ1) is 21.5. The number of rotatable bonds is 8. The molecular formula is C23H30N2O3S. The molecule has 1 heterocycles. The van der Waals surface area contributed by atoms with Crippen molar-refractivity contribution in [2.75, 3.05) is 19.6 Å². The monoisotopic (exact) mass is 414 g/mol. The van der Waals surface area contributed by atoms with E-state index in [0.29, 0.717) is 43.4 Å². The molecule has 3 rings (SSSR count). The molecule has 5 nitrogen and oxygen atoms in total. The average molecular weight is 415 g/mol. The van der Waals surface area contributed by atoms with Crippen molar-refractivity contribution in [3.8, 4) is 0 Å². The minimum atomic E-state index is -3.41. The molecule has 1 amide bonds. The zero-order chi connectivity index (χ0) is 20.7. The van der Waals surface area contributed by atoms with E-state index in [4.69, 9.17) is 0 Å². The van der Waals surface area contributed by atoms with Crippen LogP contribution in [0.15, 0.2) is 65.6 Å². The number of carbonyl (C=O) groups is 1. The lowest BCUT2D eigenvalue weighted by Gasteiger charge is -2.31. The molecule has 156 valence electrons. The third-order valence-corrected chi connectivity index (χ3v) is 7.58. The Labute approximate surface area is 174 Å². The normalized spacial score (nSPS) is 15.9. The molecule has 2 aromatic rings. The Hall–Kier alpha value is -2.18. The van der Waals surface area contributed by atoms with E-state index in [1.165, 1.54) is 0 Å². The van der Waals surface area contributed by atoms with Gasteiger partial charge in [-0.3, -0.25) is 4.79 Å². The molecular weight excluding hydrogens is 384 g/mol. The quantitative estimate of drug-likeness (QED) is 0.658. The molecule has 29 heavy (non-hydrogen) atoms. The summed E-state index contributed by atoms with van der Waals surface area (Å²) in [4.78, 5) is 14.9. The number of amides is 1. The highest BCUT2D eigenvalue weighted by Crippen LogP contribution is 2.26. The number of benzene rings is 2. The highest BCUT2D eigenvalue weighted by molar-refractivity contribution is 7.89. The maximum atomic E-state index is 12.7. The van der Waals surface area contributed by atoms with E-state index >= 15 is 0 Å². The highest BCUT2D eigenvalue weighted by atomic mass is 32.2. The van der Waals surface area contributed by atoms with Gasteiger partial charge < -0.3 is 4.90 Å². The van der Waals surface area contributed by atoms with Crippen molar-refractivity contribution in [2.45, 2.75) is 44.0 Å². The fraction of sp³-hybridized carbons (Fsp3) is 0.435. The third kappa shape index (κ3) is 5.67. The van der Waals surface area contributed by atoms with E-state index in [0.717, 1.165) is 24.8 Å². The Kier molecular flexibility index (Phi) is 7.45. The van der Waals surface area contributed by atoms with Crippen LogP contribution in [0.5, 0.6) is 0 Å². The Morgan fingerprint density at radius 2 is 1.59 bits per heavy atom. The molecule has 1 saturated heterocycles. The lowest BCUT2D eigenvalue weighted by atomic mass is 9.93. The molecule has 1 aliphatic rings. The Balaban J connectivity index is 1.47. The van der Waals surface area contributed by atoms with Crippen molar-refractivity contribution < 1.29 is 13.2 Å². The van der Waals surface area contributed by atoms with Gasteiger partial charge in [0.05, 0.1) is 4.90 Å². The first-order valence-electron chi connectivity index (χ1n) is 10.4. The number of nitrogens with zero attached hydrogens (tertiary/aromatic N) is 2. The van der Waals surface area contributed by atoms with Crippen molar-refractivity contribution in [2.24, 2.45) is 5.92 Å². The van der Waals surface area contributed by atoms with Crippen LogP contribution in [-0.4, -0.2) is 43.2 Å². The van der Waals surface area contributed by atoms with Gasteiger partial charge in [0, 0.05) is 32.6 Å². The standard InChI is InChI=1S/C23H30N2O3S/c1-2-24(19-21-9-5-3-6-10-21)23(26)14-13-20-15-17-25(18-16-20)29(27,28)22-11-7-4-8-12-22/h3-12,20H,2,13-19H2,1H3. The van der Waals surface area contributed by atoms with Gasteiger partial charge in [0.2, 0.25) is 15.9 Å². The van der Waals surface area contributed by atoms with Crippen LogP contribution in [0.2, 0.25) is 0 Å². The maximum Gasteiger partial charge on any atom is 0.243 e. The molecule has 0 unspecified atom stereocenters. The summed E-state index contributed by atoms with van der Waals surface area (Å²) in [5, 5.41) is 0. The van der Waals surface area contributed by atoms with E-state index in [9.17, 15) is 13.2 Å². The molecule has 1 fully saturated rings. The van der Waals surface area contributed by atoms with Crippen molar-refractivity contribution >= 4 is 15.9 Å². The summed E-state index contributed by atoms with van der Waals surface area (Å²) in [5.74, 6) is 0.576. The number of hydrogen-bond acceptors (Lipinski definition) is 3. The van der Waals surface area contributed by atoms with E-state index in [2.05, 4.69) is 0 Å². The van der Waals surface area contributed by atoms with Crippen LogP contribution in [0.4, 0.5) is 0 Å². The van der Waals surface area contributed by atoms with Crippen LogP contribution >= 0.6 is 0 Å². The first-order chi connectivity index (χ1) is 14.0.